The van der Waals surface area contributed by atoms with E-state index in [9.17, 15) is 0 Å². The summed E-state index contributed by atoms with van der Waals surface area (Å²) in [6, 6.07) is 79.9. The predicted octanol–water partition coefficient (Wildman–Crippen LogP) is 16.1. The molecular weight excluding hydrogens is 713 g/mol. The van der Waals surface area contributed by atoms with Crippen molar-refractivity contribution in [3.63, 3.8) is 0 Å². The van der Waals surface area contributed by atoms with E-state index in [1.165, 1.54) is 65.7 Å². The minimum atomic E-state index is -0.103. The van der Waals surface area contributed by atoms with Crippen LogP contribution < -0.4 is 9.80 Å². The first-order chi connectivity index (χ1) is 29.0. The van der Waals surface area contributed by atoms with Crippen LogP contribution in [-0.2, 0) is 5.41 Å². The van der Waals surface area contributed by atoms with E-state index in [1.807, 2.05) is 0 Å². The number of hydrogen-bond donors (Lipinski definition) is 0. The average Bonchev–Trinajstić information content (AvgIpc) is 3.52. The summed E-state index contributed by atoms with van der Waals surface area (Å²) in [6.45, 7) is 4.71. The van der Waals surface area contributed by atoms with Gasteiger partial charge >= 0.3 is 0 Å². The normalized spacial score (nSPS) is 12.7. The molecule has 11 rings (SSSR count). The van der Waals surface area contributed by atoms with E-state index in [-0.39, 0.29) is 5.41 Å². The van der Waals surface area contributed by atoms with Gasteiger partial charge in [0, 0.05) is 38.9 Å². The molecule has 0 radical (unpaired) electrons. The van der Waals surface area contributed by atoms with Crippen LogP contribution in [0.25, 0.3) is 54.6 Å². The lowest BCUT2D eigenvalue weighted by Crippen LogP contribution is -2.16. The molecule has 2 heteroatoms. The van der Waals surface area contributed by atoms with Crippen molar-refractivity contribution in [1.29, 1.82) is 0 Å². The zero-order chi connectivity index (χ0) is 39.5. The first-order valence-corrected chi connectivity index (χ1v) is 20.5. The summed E-state index contributed by atoms with van der Waals surface area (Å²) in [7, 11) is 0. The zero-order valence-electron chi connectivity index (χ0n) is 33.2. The maximum absolute atomic E-state index is 2.44. The van der Waals surface area contributed by atoms with Gasteiger partial charge < -0.3 is 9.80 Å². The van der Waals surface area contributed by atoms with Gasteiger partial charge in [-0.3, -0.25) is 0 Å². The van der Waals surface area contributed by atoms with E-state index in [0.29, 0.717) is 0 Å². The van der Waals surface area contributed by atoms with Gasteiger partial charge in [0.25, 0.3) is 0 Å². The van der Waals surface area contributed by atoms with E-state index in [0.717, 1.165) is 34.1 Å². The molecule has 0 bridgehead atoms. The quantitative estimate of drug-likeness (QED) is 0.160. The molecule has 10 aromatic rings. The number of fused-ring (bicyclic) bond motifs is 6. The molecule has 0 fully saturated rings. The smallest absolute Gasteiger partial charge is 0.0540 e. The van der Waals surface area contributed by atoms with E-state index >= 15 is 0 Å². The Hall–Kier alpha value is -7.42. The Morgan fingerprint density at radius 1 is 0.305 bits per heavy atom. The van der Waals surface area contributed by atoms with Crippen molar-refractivity contribution >= 4 is 66.4 Å². The van der Waals surface area contributed by atoms with Crippen LogP contribution in [0.1, 0.15) is 25.0 Å². The molecule has 0 aliphatic heterocycles. The topological polar surface area (TPSA) is 6.48 Å². The van der Waals surface area contributed by atoms with E-state index in [4.69, 9.17) is 0 Å². The third kappa shape index (κ3) is 5.79. The number of nitrogens with zero attached hydrogens (tertiary/aromatic N) is 2. The summed E-state index contributed by atoms with van der Waals surface area (Å²) in [5, 5.41) is 7.31. The lowest BCUT2D eigenvalue weighted by Gasteiger charge is -2.29. The summed E-state index contributed by atoms with van der Waals surface area (Å²) >= 11 is 0. The van der Waals surface area contributed by atoms with Crippen LogP contribution in [-0.4, -0.2) is 0 Å². The SMILES string of the molecule is CC1(C)c2ccccc2-c2ccc(N(c3ccc(-c4ccc(N(c5ccccc5)c5ccc6ccccc6c5)c5ccccc45)cc3)c3cccc4ccccc34)cc21. The van der Waals surface area contributed by atoms with Crippen molar-refractivity contribution in [2.45, 2.75) is 19.3 Å². The maximum atomic E-state index is 2.44. The molecule has 10 aromatic carbocycles. The monoisotopic (exact) mass is 754 g/mol. The van der Waals surface area contributed by atoms with E-state index in [2.05, 4.69) is 242 Å². The second-order valence-corrected chi connectivity index (χ2v) is 16.2. The molecule has 0 aromatic heterocycles. The summed E-state index contributed by atoms with van der Waals surface area (Å²) in [4.78, 5) is 4.83. The first kappa shape index (κ1) is 34.8. The second-order valence-electron chi connectivity index (χ2n) is 16.2. The molecule has 280 valence electrons. The summed E-state index contributed by atoms with van der Waals surface area (Å²) in [6.07, 6.45) is 0. The Labute approximate surface area is 345 Å². The fourth-order valence-corrected chi connectivity index (χ4v) is 9.50. The molecule has 0 N–H and O–H groups in total. The molecule has 59 heavy (non-hydrogen) atoms. The van der Waals surface area contributed by atoms with Crippen molar-refractivity contribution < 1.29 is 0 Å². The van der Waals surface area contributed by atoms with Gasteiger partial charge in [-0.05, 0) is 116 Å². The minimum absolute atomic E-state index is 0.103. The molecular formula is C57H42N2. The van der Waals surface area contributed by atoms with Gasteiger partial charge in [0.2, 0.25) is 0 Å². The summed E-state index contributed by atoms with van der Waals surface area (Å²) in [5.74, 6) is 0. The highest BCUT2D eigenvalue weighted by molar-refractivity contribution is 6.07. The fraction of sp³-hybridized carbons (Fsp3) is 0.0526. The number of benzene rings is 10. The van der Waals surface area contributed by atoms with Crippen LogP contribution in [0.15, 0.2) is 218 Å². The molecule has 1 aliphatic rings. The van der Waals surface area contributed by atoms with Crippen LogP contribution in [0.5, 0.6) is 0 Å². The molecule has 1 aliphatic carbocycles. The van der Waals surface area contributed by atoms with Gasteiger partial charge in [0.15, 0.2) is 0 Å². The van der Waals surface area contributed by atoms with Gasteiger partial charge in [-0.2, -0.15) is 0 Å². The van der Waals surface area contributed by atoms with Gasteiger partial charge in [0.1, 0.15) is 0 Å². The van der Waals surface area contributed by atoms with Crippen molar-refractivity contribution in [3.05, 3.63) is 230 Å². The van der Waals surface area contributed by atoms with Gasteiger partial charge in [-0.1, -0.05) is 172 Å². The van der Waals surface area contributed by atoms with Crippen LogP contribution in [0.3, 0.4) is 0 Å². The number of para-hydroxylation sites is 1. The van der Waals surface area contributed by atoms with Crippen molar-refractivity contribution in [3.8, 4) is 22.3 Å². The molecule has 2 nitrogen and oxygen atoms in total. The lowest BCUT2D eigenvalue weighted by molar-refractivity contribution is 0.660. The first-order valence-electron chi connectivity index (χ1n) is 20.5. The van der Waals surface area contributed by atoms with Crippen molar-refractivity contribution in [2.75, 3.05) is 9.80 Å². The third-order valence-corrected chi connectivity index (χ3v) is 12.4. The Balaban J connectivity index is 1.03. The van der Waals surface area contributed by atoms with Crippen LogP contribution in [0, 0.1) is 0 Å². The van der Waals surface area contributed by atoms with Gasteiger partial charge in [-0.25, -0.2) is 0 Å². The van der Waals surface area contributed by atoms with Crippen molar-refractivity contribution in [2.24, 2.45) is 0 Å². The Morgan fingerprint density at radius 2 is 0.847 bits per heavy atom. The number of rotatable bonds is 7. The minimum Gasteiger partial charge on any atom is -0.310 e. The van der Waals surface area contributed by atoms with Crippen LogP contribution >= 0.6 is 0 Å². The highest BCUT2D eigenvalue weighted by atomic mass is 15.1. The van der Waals surface area contributed by atoms with Crippen LogP contribution in [0.2, 0.25) is 0 Å². The van der Waals surface area contributed by atoms with Crippen molar-refractivity contribution in [1.82, 2.24) is 0 Å². The standard InChI is InChI=1S/C57H42N2/c1-57(2)53-25-13-12-23-50(53)51-34-33-46(38-54(51)57)59(55-26-14-18-40-16-8-9-21-48(40)55)44-30-28-41(29-31-44)47-35-36-56(52-24-11-10-22-49(47)52)58(43-19-4-3-5-20-43)45-32-27-39-15-6-7-17-42(39)37-45/h3-38H,1-2H3. The molecule has 0 spiro atoms. The molecule has 0 saturated carbocycles. The second kappa shape index (κ2) is 13.9. The van der Waals surface area contributed by atoms with Gasteiger partial charge in [0.05, 0.1) is 11.4 Å². The van der Waals surface area contributed by atoms with Gasteiger partial charge in [-0.15, -0.1) is 0 Å². The largest absolute Gasteiger partial charge is 0.310 e. The summed E-state index contributed by atoms with van der Waals surface area (Å²) in [5.41, 5.74) is 14.5. The van der Waals surface area contributed by atoms with Crippen LogP contribution in [0.4, 0.5) is 34.1 Å². The molecule has 0 amide bonds. The number of hydrogen-bond acceptors (Lipinski definition) is 2. The Kier molecular flexibility index (Phi) is 8.20. The Morgan fingerprint density at radius 3 is 1.66 bits per heavy atom. The Bertz CT molecular complexity index is 3190. The molecule has 0 atom stereocenters. The third-order valence-electron chi connectivity index (χ3n) is 12.4. The highest BCUT2D eigenvalue weighted by Gasteiger charge is 2.35. The summed E-state index contributed by atoms with van der Waals surface area (Å²) < 4.78 is 0. The van der Waals surface area contributed by atoms with E-state index < -0.39 is 0 Å². The fourth-order valence-electron chi connectivity index (χ4n) is 9.50. The zero-order valence-corrected chi connectivity index (χ0v) is 33.2. The van der Waals surface area contributed by atoms with E-state index in [1.54, 1.807) is 0 Å². The molecule has 0 saturated heterocycles. The lowest BCUT2D eigenvalue weighted by atomic mass is 9.82. The maximum Gasteiger partial charge on any atom is 0.0540 e. The number of anilines is 6. The highest BCUT2D eigenvalue weighted by Crippen LogP contribution is 2.51. The average molecular weight is 755 g/mol. The molecule has 0 heterocycles. The molecule has 0 unspecified atom stereocenters. The predicted molar refractivity (Wildman–Crippen MR) is 251 cm³/mol.